The van der Waals surface area contributed by atoms with Gasteiger partial charge in [0.05, 0.1) is 10.7 Å². The van der Waals surface area contributed by atoms with Crippen LogP contribution in [0.1, 0.15) is 21.5 Å². The summed E-state index contributed by atoms with van der Waals surface area (Å²) in [7, 11) is 0. The number of halogens is 2. The van der Waals surface area contributed by atoms with Gasteiger partial charge in [0.25, 0.3) is 11.8 Å². The number of rotatable bonds is 5. The lowest BCUT2D eigenvalue weighted by Crippen LogP contribution is -2.24. The van der Waals surface area contributed by atoms with Crippen LogP contribution in [0.5, 0.6) is 0 Å². The fourth-order valence-electron chi connectivity index (χ4n) is 3.11. The molecule has 3 aromatic rings. The third-order valence-electron chi connectivity index (χ3n) is 4.79. The maximum Gasteiger partial charge on any atom is 0.253 e. The van der Waals surface area contributed by atoms with Crippen molar-refractivity contribution in [1.82, 2.24) is 10.3 Å². The van der Waals surface area contributed by atoms with E-state index in [2.05, 4.69) is 20.9 Å². The summed E-state index contributed by atoms with van der Waals surface area (Å²) in [6, 6.07) is 13.8. The Morgan fingerprint density at radius 2 is 1.84 bits per heavy atom. The van der Waals surface area contributed by atoms with E-state index in [0.29, 0.717) is 40.0 Å². The van der Waals surface area contributed by atoms with Crippen molar-refractivity contribution in [2.45, 2.75) is 6.54 Å². The summed E-state index contributed by atoms with van der Waals surface area (Å²) >= 11 is 12.1. The molecule has 0 unspecified atom stereocenters. The SMILES string of the molecule is O=C(Nc1cc(C(=O)NCc2ccc(Cl)cc2)ccc1Cl)C1=Cc2cnccc2NC1. The van der Waals surface area contributed by atoms with E-state index in [0.717, 1.165) is 16.8 Å². The summed E-state index contributed by atoms with van der Waals surface area (Å²) in [5.74, 6) is -0.580. The largest absolute Gasteiger partial charge is 0.380 e. The van der Waals surface area contributed by atoms with Crippen LogP contribution in [0, 0.1) is 0 Å². The molecule has 0 saturated carbocycles. The van der Waals surface area contributed by atoms with Crippen LogP contribution in [-0.4, -0.2) is 23.3 Å². The van der Waals surface area contributed by atoms with Gasteiger partial charge in [0.2, 0.25) is 0 Å². The number of carbonyl (C=O) groups excluding carboxylic acids is 2. The third-order valence-corrected chi connectivity index (χ3v) is 5.37. The van der Waals surface area contributed by atoms with Gasteiger partial charge < -0.3 is 16.0 Å². The lowest BCUT2D eigenvalue weighted by molar-refractivity contribution is -0.112. The van der Waals surface area contributed by atoms with Gasteiger partial charge in [-0.3, -0.25) is 14.6 Å². The fourth-order valence-corrected chi connectivity index (χ4v) is 3.40. The molecular formula is C23H18Cl2N4O2. The minimum absolute atomic E-state index is 0.277. The van der Waals surface area contributed by atoms with E-state index in [-0.39, 0.29) is 11.8 Å². The highest BCUT2D eigenvalue weighted by Gasteiger charge is 2.17. The van der Waals surface area contributed by atoms with Crippen LogP contribution in [0.3, 0.4) is 0 Å². The average Bonchev–Trinajstić information content (AvgIpc) is 2.79. The molecule has 2 aromatic carbocycles. The van der Waals surface area contributed by atoms with Gasteiger partial charge in [0, 0.05) is 52.9 Å². The second-order valence-corrected chi connectivity index (χ2v) is 7.79. The summed E-state index contributed by atoms with van der Waals surface area (Å²) in [4.78, 5) is 29.4. The number of fused-ring (bicyclic) bond motifs is 1. The van der Waals surface area contributed by atoms with E-state index in [1.807, 2.05) is 18.2 Å². The summed E-state index contributed by atoms with van der Waals surface area (Å²) in [5, 5.41) is 9.80. The van der Waals surface area contributed by atoms with E-state index in [1.54, 1.807) is 48.8 Å². The van der Waals surface area contributed by atoms with Crippen molar-refractivity contribution in [1.29, 1.82) is 0 Å². The van der Waals surface area contributed by atoms with E-state index in [4.69, 9.17) is 23.2 Å². The van der Waals surface area contributed by atoms with Gasteiger partial charge in [-0.15, -0.1) is 0 Å². The molecule has 6 nitrogen and oxygen atoms in total. The Morgan fingerprint density at radius 1 is 1.03 bits per heavy atom. The summed E-state index contributed by atoms with van der Waals surface area (Å²) in [6.07, 6.45) is 5.16. The lowest BCUT2D eigenvalue weighted by atomic mass is 10.1. The van der Waals surface area contributed by atoms with Crippen LogP contribution in [0.2, 0.25) is 10.0 Å². The van der Waals surface area contributed by atoms with Crippen molar-refractivity contribution in [3.63, 3.8) is 0 Å². The second kappa shape index (κ2) is 9.20. The minimum atomic E-state index is -0.303. The molecule has 0 fully saturated rings. The van der Waals surface area contributed by atoms with Crippen molar-refractivity contribution < 1.29 is 9.59 Å². The zero-order valence-electron chi connectivity index (χ0n) is 16.3. The molecule has 0 aliphatic carbocycles. The average molecular weight is 453 g/mol. The first-order chi connectivity index (χ1) is 15.0. The molecule has 4 rings (SSSR count). The van der Waals surface area contributed by atoms with Crippen molar-refractivity contribution in [2.75, 3.05) is 17.2 Å². The Hall–Kier alpha value is -3.35. The molecule has 1 aromatic heterocycles. The van der Waals surface area contributed by atoms with Crippen LogP contribution < -0.4 is 16.0 Å². The highest BCUT2D eigenvalue weighted by molar-refractivity contribution is 6.34. The van der Waals surface area contributed by atoms with Crippen LogP contribution in [0.25, 0.3) is 6.08 Å². The van der Waals surface area contributed by atoms with Crippen LogP contribution in [0.15, 0.2) is 66.5 Å². The van der Waals surface area contributed by atoms with E-state index >= 15 is 0 Å². The van der Waals surface area contributed by atoms with E-state index in [1.165, 1.54) is 0 Å². The Kier molecular flexibility index (Phi) is 6.21. The smallest absolute Gasteiger partial charge is 0.253 e. The standard InChI is InChI=1S/C23H18Cl2N4O2/c24-18-4-1-14(2-5-18)11-28-22(30)15-3-6-19(25)21(10-15)29-23(31)17-9-16-12-26-8-7-20(16)27-13-17/h1-10,12,27H,11,13H2,(H,28,30)(H,29,31). The molecule has 0 radical (unpaired) electrons. The van der Waals surface area contributed by atoms with Crippen molar-refractivity contribution in [3.8, 4) is 0 Å². The molecule has 156 valence electrons. The number of amides is 2. The van der Waals surface area contributed by atoms with Gasteiger partial charge in [-0.2, -0.15) is 0 Å². The molecular weight excluding hydrogens is 435 g/mol. The van der Waals surface area contributed by atoms with Gasteiger partial charge >= 0.3 is 0 Å². The molecule has 8 heteroatoms. The Bertz CT molecular complexity index is 1180. The highest BCUT2D eigenvalue weighted by Crippen LogP contribution is 2.26. The number of pyridine rings is 1. The minimum Gasteiger partial charge on any atom is -0.380 e. The number of hydrogen-bond donors (Lipinski definition) is 3. The van der Waals surface area contributed by atoms with Gasteiger partial charge in [-0.05, 0) is 48.0 Å². The molecule has 0 spiro atoms. The highest BCUT2D eigenvalue weighted by atomic mass is 35.5. The molecule has 1 aliphatic rings. The van der Waals surface area contributed by atoms with E-state index < -0.39 is 0 Å². The van der Waals surface area contributed by atoms with Crippen LogP contribution in [-0.2, 0) is 11.3 Å². The van der Waals surface area contributed by atoms with Crippen LogP contribution in [0.4, 0.5) is 11.4 Å². The molecule has 1 aliphatic heterocycles. The summed E-state index contributed by atoms with van der Waals surface area (Å²) in [6.45, 7) is 0.730. The van der Waals surface area contributed by atoms with Crippen molar-refractivity contribution in [3.05, 3.63) is 93.2 Å². The maximum atomic E-state index is 12.7. The zero-order valence-corrected chi connectivity index (χ0v) is 17.8. The fraction of sp³-hybridized carbons (Fsp3) is 0.0870. The number of benzene rings is 2. The number of anilines is 2. The zero-order chi connectivity index (χ0) is 21.8. The molecule has 2 heterocycles. The van der Waals surface area contributed by atoms with Crippen LogP contribution >= 0.6 is 23.2 Å². The predicted molar refractivity (Wildman–Crippen MR) is 123 cm³/mol. The molecule has 2 amide bonds. The Labute approximate surface area is 189 Å². The quantitative estimate of drug-likeness (QED) is 0.520. The third kappa shape index (κ3) is 5.05. The normalized spacial score (nSPS) is 12.3. The molecule has 0 atom stereocenters. The van der Waals surface area contributed by atoms with Gasteiger partial charge in [0.1, 0.15) is 0 Å². The lowest BCUT2D eigenvalue weighted by Gasteiger charge is -2.18. The number of hydrogen-bond acceptors (Lipinski definition) is 4. The number of nitrogens with one attached hydrogen (secondary N) is 3. The maximum absolute atomic E-state index is 12.7. The first kappa shape index (κ1) is 20.9. The number of nitrogens with zero attached hydrogens (tertiary/aromatic N) is 1. The summed E-state index contributed by atoms with van der Waals surface area (Å²) < 4.78 is 0. The van der Waals surface area contributed by atoms with E-state index in [9.17, 15) is 9.59 Å². The molecule has 0 bridgehead atoms. The van der Waals surface area contributed by atoms with Gasteiger partial charge in [-0.1, -0.05) is 35.3 Å². The first-order valence-electron chi connectivity index (χ1n) is 9.51. The predicted octanol–water partition coefficient (Wildman–Crippen LogP) is 4.77. The molecule has 3 N–H and O–H groups in total. The monoisotopic (exact) mass is 452 g/mol. The first-order valence-corrected chi connectivity index (χ1v) is 10.3. The topological polar surface area (TPSA) is 83.1 Å². The molecule has 31 heavy (non-hydrogen) atoms. The Balaban J connectivity index is 1.45. The van der Waals surface area contributed by atoms with Crippen molar-refractivity contribution in [2.24, 2.45) is 0 Å². The summed E-state index contributed by atoms with van der Waals surface area (Å²) in [5.41, 5.74) is 3.97. The van der Waals surface area contributed by atoms with Gasteiger partial charge in [-0.25, -0.2) is 0 Å². The Morgan fingerprint density at radius 3 is 2.65 bits per heavy atom. The number of aromatic nitrogens is 1. The van der Waals surface area contributed by atoms with Crippen molar-refractivity contribution >= 4 is 52.5 Å². The number of carbonyl (C=O) groups is 2. The van der Waals surface area contributed by atoms with Gasteiger partial charge in [0.15, 0.2) is 0 Å². The second-order valence-electron chi connectivity index (χ2n) is 6.94. The molecule has 0 saturated heterocycles.